The first kappa shape index (κ1) is 15.6. The second-order valence-electron chi connectivity index (χ2n) is 4.62. The third-order valence-electron chi connectivity index (χ3n) is 2.88. The van der Waals surface area contributed by atoms with Crippen LogP contribution in [-0.2, 0) is 11.4 Å². The predicted molar refractivity (Wildman–Crippen MR) is 80.5 cm³/mol. The minimum atomic E-state index is -0.331. The smallest absolute Gasteiger partial charge is 0.287 e. The number of furan rings is 1. The fourth-order valence-corrected chi connectivity index (χ4v) is 1.82. The Labute approximate surface area is 128 Å². The molecule has 1 aromatic carbocycles. The van der Waals surface area contributed by atoms with E-state index in [-0.39, 0.29) is 24.2 Å². The minimum Gasteiger partial charge on any atom is -0.489 e. The largest absolute Gasteiger partial charge is 0.489 e. The summed E-state index contributed by atoms with van der Waals surface area (Å²) in [5, 5.41) is 5.27. The molecule has 1 heterocycles. The standard InChI is InChI=1S/C16H18N2O4/c1-12(19)17-8-9-18-16(20)15-13(7-10-21-15)11-22-14-5-3-2-4-6-14/h2-7,10H,8-9,11H2,1H3,(H,17,19)(H,18,20). The Kier molecular flexibility index (Phi) is 5.59. The van der Waals surface area contributed by atoms with Crippen molar-refractivity contribution in [2.24, 2.45) is 0 Å². The molecule has 0 aliphatic heterocycles. The van der Waals surface area contributed by atoms with Crippen LogP contribution in [0.25, 0.3) is 0 Å². The van der Waals surface area contributed by atoms with Crippen molar-refractivity contribution in [3.05, 3.63) is 54.0 Å². The van der Waals surface area contributed by atoms with Crippen LogP contribution in [0.2, 0.25) is 0 Å². The summed E-state index contributed by atoms with van der Waals surface area (Å²) in [6, 6.07) is 11.0. The molecule has 116 valence electrons. The van der Waals surface area contributed by atoms with Crippen LogP contribution >= 0.6 is 0 Å². The van der Waals surface area contributed by atoms with E-state index < -0.39 is 0 Å². The van der Waals surface area contributed by atoms with Crippen LogP contribution in [0.1, 0.15) is 23.0 Å². The zero-order valence-corrected chi connectivity index (χ0v) is 12.3. The molecule has 0 bridgehead atoms. The predicted octanol–water partition coefficient (Wildman–Crippen LogP) is 1.72. The second-order valence-corrected chi connectivity index (χ2v) is 4.62. The number of para-hydroxylation sites is 1. The lowest BCUT2D eigenvalue weighted by Crippen LogP contribution is -2.33. The molecule has 2 N–H and O–H groups in total. The molecular weight excluding hydrogens is 284 g/mol. The summed E-state index contributed by atoms with van der Waals surface area (Å²) in [6.07, 6.45) is 1.45. The Morgan fingerprint density at radius 1 is 1.09 bits per heavy atom. The molecule has 0 saturated heterocycles. The summed E-state index contributed by atoms with van der Waals surface area (Å²) in [5.74, 6) is 0.477. The van der Waals surface area contributed by atoms with Crippen LogP contribution in [0.15, 0.2) is 47.1 Å². The number of hydrogen-bond donors (Lipinski definition) is 2. The molecular formula is C16H18N2O4. The highest BCUT2D eigenvalue weighted by Crippen LogP contribution is 2.15. The van der Waals surface area contributed by atoms with Crippen molar-refractivity contribution in [2.45, 2.75) is 13.5 Å². The highest BCUT2D eigenvalue weighted by molar-refractivity contribution is 5.92. The third-order valence-corrected chi connectivity index (χ3v) is 2.88. The van der Waals surface area contributed by atoms with Gasteiger partial charge in [0.25, 0.3) is 5.91 Å². The van der Waals surface area contributed by atoms with Gasteiger partial charge in [-0.25, -0.2) is 0 Å². The first-order valence-electron chi connectivity index (χ1n) is 6.93. The van der Waals surface area contributed by atoms with E-state index in [1.165, 1.54) is 13.2 Å². The van der Waals surface area contributed by atoms with E-state index in [2.05, 4.69) is 10.6 Å². The zero-order valence-electron chi connectivity index (χ0n) is 12.3. The molecule has 2 rings (SSSR count). The summed E-state index contributed by atoms with van der Waals surface area (Å²) in [7, 11) is 0. The van der Waals surface area contributed by atoms with Crippen molar-refractivity contribution in [3.8, 4) is 5.75 Å². The van der Waals surface area contributed by atoms with Gasteiger partial charge >= 0.3 is 0 Å². The Balaban J connectivity index is 1.86. The molecule has 2 amide bonds. The lowest BCUT2D eigenvalue weighted by atomic mass is 10.2. The first-order chi connectivity index (χ1) is 10.7. The van der Waals surface area contributed by atoms with Crippen molar-refractivity contribution < 1.29 is 18.7 Å². The van der Waals surface area contributed by atoms with Gasteiger partial charge in [-0.1, -0.05) is 18.2 Å². The van der Waals surface area contributed by atoms with Crippen LogP contribution < -0.4 is 15.4 Å². The molecule has 0 unspecified atom stereocenters. The molecule has 0 atom stereocenters. The fraction of sp³-hybridized carbons (Fsp3) is 0.250. The van der Waals surface area contributed by atoms with Crippen LogP contribution in [0.3, 0.4) is 0 Å². The number of carbonyl (C=O) groups excluding carboxylic acids is 2. The van der Waals surface area contributed by atoms with E-state index in [4.69, 9.17) is 9.15 Å². The summed E-state index contributed by atoms with van der Waals surface area (Å²) in [4.78, 5) is 22.7. The van der Waals surface area contributed by atoms with Crippen molar-refractivity contribution in [1.82, 2.24) is 10.6 Å². The van der Waals surface area contributed by atoms with E-state index in [0.29, 0.717) is 18.7 Å². The van der Waals surface area contributed by atoms with E-state index in [1.807, 2.05) is 30.3 Å². The molecule has 0 saturated carbocycles. The molecule has 0 radical (unpaired) electrons. The van der Waals surface area contributed by atoms with Gasteiger partial charge in [0, 0.05) is 25.6 Å². The Hall–Kier alpha value is -2.76. The minimum absolute atomic E-state index is 0.135. The average Bonchev–Trinajstić information content (AvgIpc) is 2.99. The van der Waals surface area contributed by atoms with Crippen molar-refractivity contribution in [2.75, 3.05) is 13.1 Å². The van der Waals surface area contributed by atoms with Gasteiger partial charge in [-0.05, 0) is 18.2 Å². The summed E-state index contributed by atoms with van der Waals surface area (Å²) >= 11 is 0. The quantitative estimate of drug-likeness (QED) is 0.763. The van der Waals surface area contributed by atoms with E-state index >= 15 is 0 Å². The van der Waals surface area contributed by atoms with Crippen LogP contribution in [0.5, 0.6) is 5.75 Å². The van der Waals surface area contributed by atoms with Gasteiger partial charge in [0.1, 0.15) is 12.4 Å². The maximum atomic E-state index is 12.0. The molecule has 6 nitrogen and oxygen atoms in total. The Morgan fingerprint density at radius 3 is 2.55 bits per heavy atom. The lowest BCUT2D eigenvalue weighted by molar-refractivity contribution is -0.118. The average molecular weight is 302 g/mol. The van der Waals surface area contributed by atoms with E-state index in [9.17, 15) is 9.59 Å². The second kappa shape index (κ2) is 7.87. The topological polar surface area (TPSA) is 80.6 Å². The zero-order chi connectivity index (χ0) is 15.8. The summed E-state index contributed by atoms with van der Waals surface area (Å²) in [5.41, 5.74) is 0.667. The van der Waals surface area contributed by atoms with Gasteiger partial charge in [0.15, 0.2) is 5.76 Å². The lowest BCUT2D eigenvalue weighted by Gasteiger charge is -2.07. The van der Waals surface area contributed by atoms with E-state index in [0.717, 1.165) is 5.75 Å². The Morgan fingerprint density at radius 2 is 1.82 bits per heavy atom. The fourth-order valence-electron chi connectivity index (χ4n) is 1.82. The summed E-state index contributed by atoms with van der Waals surface area (Å²) < 4.78 is 10.8. The highest BCUT2D eigenvalue weighted by Gasteiger charge is 2.15. The molecule has 0 aliphatic rings. The maximum Gasteiger partial charge on any atom is 0.287 e. The number of ether oxygens (including phenoxy) is 1. The molecule has 0 fully saturated rings. The number of benzene rings is 1. The van der Waals surface area contributed by atoms with Gasteiger partial charge in [0.05, 0.1) is 6.26 Å². The molecule has 0 spiro atoms. The van der Waals surface area contributed by atoms with Gasteiger partial charge in [-0.3, -0.25) is 9.59 Å². The third kappa shape index (κ3) is 4.66. The Bertz CT molecular complexity index is 622. The van der Waals surface area contributed by atoms with Crippen molar-refractivity contribution in [3.63, 3.8) is 0 Å². The molecule has 0 aliphatic carbocycles. The molecule has 1 aromatic heterocycles. The van der Waals surface area contributed by atoms with Crippen LogP contribution in [0.4, 0.5) is 0 Å². The monoisotopic (exact) mass is 302 g/mol. The first-order valence-corrected chi connectivity index (χ1v) is 6.93. The van der Waals surface area contributed by atoms with E-state index in [1.54, 1.807) is 6.07 Å². The van der Waals surface area contributed by atoms with Crippen molar-refractivity contribution >= 4 is 11.8 Å². The number of amides is 2. The van der Waals surface area contributed by atoms with Gasteiger partial charge in [0.2, 0.25) is 5.91 Å². The summed E-state index contributed by atoms with van der Waals surface area (Å²) in [6.45, 7) is 2.37. The molecule has 6 heteroatoms. The van der Waals surface area contributed by atoms with Crippen LogP contribution in [0, 0.1) is 0 Å². The van der Waals surface area contributed by atoms with Crippen LogP contribution in [-0.4, -0.2) is 24.9 Å². The number of nitrogens with one attached hydrogen (secondary N) is 2. The normalized spacial score (nSPS) is 10.0. The molecule has 2 aromatic rings. The van der Waals surface area contributed by atoms with Gasteiger partial charge in [-0.15, -0.1) is 0 Å². The number of rotatable bonds is 7. The SMILES string of the molecule is CC(=O)NCCNC(=O)c1occc1COc1ccccc1. The maximum absolute atomic E-state index is 12.0. The molecule has 22 heavy (non-hydrogen) atoms. The van der Waals surface area contributed by atoms with Gasteiger partial charge < -0.3 is 19.8 Å². The highest BCUT2D eigenvalue weighted by atomic mass is 16.5. The van der Waals surface area contributed by atoms with Crippen molar-refractivity contribution in [1.29, 1.82) is 0 Å². The number of carbonyl (C=O) groups is 2. The van der Waals surface area contributed by atoms with Gasteiger partial charge in [-0.2, -0.15) is 0 Å². The number of hydrogen-bond acceptors (Lipinski definition) is 4.